The van der Waals surface area contributed by atoms with Crippen LogP contribution in [0.15, 0.2) is 18.3 Å². The van der Waals surface area contributed by atoms with Crippen LogP contribution in [0.4, 0.5) is 16.3 Å². The number of carbonyl (C=O) groups excluding carboxylic acids is 1. The average Bonchev–Trinajstić information content (AvgIpc) is 3.06. The summed E-state index contributed by atoms with van der Waals surface area (Å²) in [5.41, 5.74) is 3.80. The van der Waals surface area contributed by atoms with Crippen LogP contribution < -0.4 is 15.6 Å². The van der Waals surface area contributed by atoms with Crippen molar-refractivity contribution in [2.75, 3.05) is 23.3 Å². The topological polar surface area (TPSA) is 60.5 Å². The maximum atomic E-state index is 12.4. The maximum absolute atomic E-state index is 12.4. The van der Waals surface area contributed by atoms with E-state index in [1.807, 2.05) is 12.1 Å². The van der Waals surface area contributed by atoms with Gasteiger partial charge in [0.05, 0.1) is 5.69 Å². The van der Waals surface area contributed by atoms with Crippen molar-refractivity contribution >= 4 is 17.5 Å². The molecular formula is C17H27N5O. The molecule has 2 N–H and O–H groups in total. The van der Waals surface area contributed by atoms with Crippen LogP contribution in [0.5, 0.6) is 0 Å². The van der Waals surface area contributed by atoms with E-state index in [2.05, 4.69) is 39.5 Å². The summed E-state index contributed by atoms with van der Waals surface area (Å²) >= 11 is 0. The van der Waals surface area contributed by atoms with Gasteiger partial charge in [-0.2, -0.15) is 0 Å². The summed E-state index contributed by atoms with van der Waals surface area (Å²) in [7, 11) is 0. The molecule has 0 aliphatic carbocycles. The number of amides is 2. The van der Waals surface area contributed by atoms with Crippen molar-refractivity contribution < 1.29 is 4.79 Å². The minimum Gasteiger partial charge on any atom is -0.355 e. The Morgan fingerprint density at radius 1 is 1.17 bits per heavy atom. The van der Waals surface area contributed by atoms with Crippen LogP contribution in [0.2, 0.25) is 0 Å². The second kappa shape index (κ2) is 7.17. The van der Waals surface area contributed by atoms with Gasteiger partial charge in [0.1, 0.15) is 0 Å². The van der Waals surface area contributed by atoms with E-state index in [1.165, 1.54) is 19.3 Å². The third-order valence-corrected chi connectivity index (χ3v) is 4.86. The number of hydrogen-bond acceptors (Lipinski definition) is 4. The van der Waals surface area contributed by atoms with Gasteiger partial charge in [-0.05, 0) is 51.7 Å². The molecule has 2 amide bonds. The third kappa shape index (κ3) is 3.75. The molecule has 2 aliphatic rings. The zero-order valence-electron chi connectivity index (χ0n) is 14.1. The lowest BCUT2D eigenvalue weighted by Gasteiger charge is -2.38. The Bertz CT molecular complexity index is 534. The standard InChI is InChI=1S/C17H27N5O/c1-13-7-5-8-14(2)22(13)20-17(23)19-15-9-6-10-18-16(15)21-11-3-4-12-21/h6,9-10,13-14H,3-5,7-8,11-12H2,1-2H3,(H2,19,20,23)/t13-,14-/m0/s1. The summed E-state index contributed by atoms with van der Waals surface area (Å²) in [5, 5.41) is 5.05. The van der Waals surface area contributed by atoms with Gasteiger partial charge in [-0.15, -0.1) is 0 Å². The first kappa shape index (κ1) is 16.1. The van der Waals surface area contributed by atoms with E-state index in [1.54, 1.807) is 6.20 Å². The van der Waals surface area contributed by atoms with Crippen molar-refractivity contribution in [2.24, 2.45) is 0 Å². The van der Waals surface area contributed by atoms with Gasteiger partial charge in [0.2, 0.25) is 0 Å². The second-order valence-electron chi connectivity index (χ2n) is 6.67. The Kier molecular flexibility index (Phi) is 5.00. The smallest absolute Gasteiger partial charge is 0.333 e. The number of rotatable bonds is 3. The Morgan fingerprint density at radius 2 is 1.87 bits per heavy atom. The number of pyridine rings is 1. The molecule has 2 aliphatic heterocycles. The molecule has 1 aromatic heterocycles. The number of nitrogens with zero attached hydrogens (tertiary/aromatic N) is 3. The van der Waals surface area contributed by atoms with E-state index < -0.39 is 0 Å². The van der Waals surface area contributed by atoms with Gasteiger partial charge in [-0.1, -0.05) is 6.42 Å². The molecule has 1 aromatic rings. The Balaban J connectivity index is 1.66. The molecule has 6 heteroatoms. The van der Waals surface area contributed by atoms with Gasteiger partial charge in [-0.25, -0.2) is 14.8 Å². The van der Waals surface area contributed by atoms with Crippen LogP contribution in [0, 0.1) is 0 Å². The fraction of sp³-hybridized carbons (Fsp3) is 0.647. The summed E-state index contributed by atoms with van der Waals surface area (Å²) < 4.78 is 0. The molecule has 0 unspecified atom stereocenters. The van der Waals surface area contributed by atoms with Gasteiger partial charge in [0.15, 0.2) is 5.82 Å². The molecule has 2 saturated heterocycles. The lowest BCUT2D eigenvalue weighted by atomic mass is 10.00. The highest BCUT2D eigenvalue weighted by Gasteiger charge is 2.26. The number of hydrogen-bond donors (Lipinski definition) is 2. The highest BCUT2D eigenvalue weighted by molar-refractivity contribution is 5.92. The van der Waals surface area contributed by atoms with Gasteiger partial charge < -0.3 is 10.2 Å². The summed E-state index contributed by atoms with van der Waals surface area (Å²) in [6.45, 7) is 6.34. The summed E-state index contributed by atoms with van der Waals surface area (Å²) in [6, 6.07) is 4.34. The van der Waals surface area contributed by atoms with Crippen LogP contribution in [-0.2, 0) is 0 Å². The van der Waals surface area contributed by atoms with E-state index in [0.717, 1.165) is 37.4 Å². The minimum absolute atomic E-state index is 0.181. The monoisotopic (exact) mass is 317 g/mol. The molecule has 2 atom stereocenters. The Hall–Kier alpha value is -1.82. The number of anilines is 2. The van der Waals surface area contributed by atoms with Crippen LogP contribution in [0.3, 0.4) is 0 Å². The Morgan fingerprint density at radius 3 is 2.57 bits per heavy atom. The molecule has 2 fully saturated rings. The van der Waals surface area contributed by atoms with Gasteiger partial charge in [0, 0.05) is 31.4 Å². The number of nitrogens with one attached hydrogen (secondary N) is 2. The van der Waals surface area contributed by atoms with Crippen LogP contribution in [-0.4, -0.2) is 41.2 Å². The lowest BCUT2D eigenvalue weighted by Crippen LogP contribution is -2.55. The average molecular weight is 317 g/mol. The van der Waals surface area contributed by atoms with E-state index in [-0.39, 0.29) is 6.03 Å². The number of piperidine rings is 1. The van der Waals surface area contributed by atoms with Crippen LogP contribution >= 0.6 is 0 Å². The molecule has 3 heterocycles. The number of hydrazine groups is 1. The van der Waals surface area contributed by atoms with E-state index in [4.69, 9.17) is 0 Å². The molecular weight excluding hydrogens is 290 g/mol. The van der Waals surface area contributed by atoms with E-state index >= 15 is 0 Å². The maximum Gasteiger partial charge on any atom is 0.333 e. The van der Waals surface area contributed by atoms with Gasteiger partial charge in [0.25, 0.3) is 0 Å². The number of urea groups is 1. The van der Waals surface area contributed by atoms with Crippen molar-refractivity contribution in [1.29, 1.82) is 0 Å². The molecule has 0 radical (unpaired) electrons. The predicted octanol–water partition coefficient (Wildman–Crippen LogP) is 2.98. The SMILES string of the molecule is C[C@H]1CCC[C@H](C)N1NC(=O)Nc1cccnc1N1CCCC1. The largest absolute Gasteiger partial charge is 0.355 e. The first-order valence-electron chi connectivity index (χ1n) is 8.71. The quantitative estimate of drug-likeness (QED) is 0.900. The fourth-order valence-corrected chi connectivity index (χ4v) is 3.58. The molecule has 6 nitrogen and oxygen atoms in total. The number of carbonyl (C=O) groups is 1. The first-order valence-corrected chi connectivity index (χ1v) is 8.71. The summed E-state index contributed by atoms with van der Waals surface area (Å²) in [5.74, 6) is 0.875. The summed E-state index contributed by atoms with van der Waals surface area (Å²) in [6.07, 6.45) is 7.62. The highest BCUT2D eigenvalue weighted by Crippen LogP contribution is 2.26. The zero-order valence-corrected chi connectivity index (χ0v) is 14.1. The van der Waals surface area contributed by atoms with Crippen LogP contribution in [0.1, 0.15) is 46.0 Å². The second-order valence-corrected chi connectivity index (χ2v) is 6.67. The molecule has 0 spiro atoms. The van der Waals surface area contributed by atoms with Gasteiger partial charge >= 0.3 is 6.03 Å². The van der Waals surface area contributed by atoms with Gasteiger partial charge in [-0.3, -0.25) is 5.43 Å². The Labute approximate surface area is 138 Å². The molecule has 126 valence electrons. The molecule has 0 saturated carbocycles. The third-order valence-electron chi connectivity index (χ3n) is 4.86. The van der Waals surface area contributed by atoms with Crippen LogP contribution in [0.25, 0.3) is 0 Å². The highest BCUT2D eigenvalue weighted by atomic mass is 16.2. The minimum atomic E-state index is -0.181. The molecule has 0 aromatic carbocycles. The van der Waals surface area contributed by atoms with Crippen molar-refractivity contribution in [3.63, 3.8) is 0 Å². The normalized spacial score (nSPS) is 25.4. The van der Waals surface area contributed by atoms with Crippen molar-refractivity contribution in [1.82, 2.24) is 15.4 Å². The fourth-order valence-electron chi connectivity index (χ4n) is 3.58. The van der Waals surface area contributed by atoms with Crippen molar-refractivity contribution in [3.05, 3.63) is 18.3 Å². The first-order chi connectivity index (χ1) is 11.1. The molecule has 23 heavy (non-hydrogen) atoms. The van der Waals surface area contributed by atoms with Crippen molar-refractivity contribution in [3.8, 4) is 0 Å². The zero-order chi connectivity index (χ0) is 16.2. The van der Waals surface area contributed by atoms with E-state index in [0.29, 0.717) is 12.1 Å². The molecule has 0 bridgehead atoms. The number of aromatic nitrogens is 1. The summed E-state index contributed by atoms with van der Waals surface area (Å²) in [4.78, 5) is 19.1. The van der Waals surface area contributed by atoms with E-state index in [9.17, 15) is 4.79 Å². The predicted molar refractivity (Wildman–Crippen MR) is 92.5 cm³/mol. The lowest BCUT2D eigenvalue weighted by molar-refractivity contribution is 0.0625. The molecule has 3 rings (SSSR count). The van der Waals surface area contributed by atoms with Crippen molar-refractivity contribution in [2.45, 2.75) is 58.0 Å².